The molecule has 0 bridgehead atoms. The van der Waals surface area contributed by atoms with E-state index < -0.39 is 30.7 Å². The second-order valence-corrected chi connectivity index (χ2v) is 9.03. The lowest BCUT2D eigenvalue weighted by Crippen LogP contribution is -2.37. The number of aliphatic hydroxyl groups is 1. The number of halogens is 5. The van der Waals surface area contributed by atoms with Gasteiger partial charge in [-0.05, 0) is 56.2 Å². The van der Waals surface area contributed by atoms with E-state index in [1.54, 1.807) is 0 Å². The fraction of sp³-hybridized carbons (Fsp3) is 0.333. The highest BCUT2D eigenvalue weighted by Gasteiger charge is 2.39. The summed E-state index contributed by atoms with van der Waals surface area (Å²) < 4.78 is 56.7. The van der Waals surface area contributed by atoms with Crippen molar-refractivity contribution in [2.24, 2.45) is 0 Å². The van der Waals surface area contributed by atoms with Crippen molar-refractivity contribution in [2.75, 3.05) is 0 Å². The number of hydrogen-bond acceptors (Lipinski definition) is 5. The second-order valence-electron chi connectivity index (χ2n) is 8.59. The minimum Gasteiger partial charge on any atom is -0.382 e. The predicted molar refractivity (Wildman–Crippen MR) is 128 cm³/mol. The van der Waals surface area contributed by atoms with Gasteiger partial charge in [0.2, 0.25) is 0 Å². The van der Waals surface area contributed by atoms with Crippen LogP contribution in [0.5, 0.6) is 0 Å². The minimum atomic E-state index is -4.95. The van der Waals surface area contributed by atoms with Gasteiger partial charge in [-0.1, -0.05) is 29.8 Å². The number of rotatable bonds is 7. The Bertz CT molecular complexity index is 1450. The quantitative estimate of drug-likeness (QED) is 0.348. The molecule has 2 aromatic carbocycles. The molecule has 13 heteroatoms. The van der Waals surface area contributed by atoms with Crippen LogP contribution in [0.25, 0.3) is 17.1 Å². The molecule has 0 aliphatic rings. The van der Waals surface area contributed by atoms with Crippen molar-refractivity contribution < 1.29 is 22.7 Å². The van der Waals surface area contributed by atoms with E-state index in [1.807, 2.05) is 32.0 Å². The molecule has 0 saturated carbocycles. The van der Waals surface area contributed by atoms with Crippen molar-refractivity contribution in [3.05, 3.63) is 80.7 Å². The third kappa shape index (κ3) is 5.44. The largest absolute Gasteiger partial charge is 0.416 e. The number of alkyl halides is 4. The summed E-state index contributed by atoms with van der Waals surface area (Å²) in [6.07, 6.45) is -9.24. The van der Waals surface area contributed by atoms with E-state index in [1.165, 1.54) is 35.9 Å². The lowest BCUT2D eigenvalue weighted by molar-refractivity contribution is -0.207. The summed E-state index contributed by atoms with van der Waals surface area (Å²) in [5, 5.41) is 18.6. The molecule has 8 nitrogen and oxygen atoms in total. The molecule has 0 spiro atoms. The zero-order valence-electron chi connectivity index (χ0n) is 20.0. The van der Waals surface area contributed by atoms with Gasteiger partial charge in [-0.15, -0.1) is 10.2 Å². The molecule has 0 fully saturated rings. The molecular formula is C24H23ClF4N6O2. The number of para-hydroxylation sites is 1. The Kier molecular flexibility index (Phi) is 7.24. The molecule has 2 atom stereocenters. The van der Waals surface area contributed by atoms with Crippen LogP contribution in [-0.2, 0) is 13.1 Å². The van der Waals surface area contributed by atoms with E-state index in [9.17, 15) is 27.5 Å². The van der Waals surface area contributed by atoms with Gasteiger partial charge in [0.1, 0.15) is 6.54 Å². The minimum absolute atomic E-state index is 0.00491. The standard InChI is InChI=1S/C24H23ClF4N6O2/c1-13-5-4-6-14(2)20(13)35-21(15(3)26)30-19(31-35)12-34-23(37)33(11-18(36)24(27,28)29)22(32-34)16-7-9-17(25)10-8-16/h4-10,15,18,36H,11-12H2,1-3H3/t15?,18-/m0/s1. The van der Waals surface area contributed by atoms with Crippen LogP contribution < -0.4 is 5.69 Å². The van der Waals surface area contributed by atoms with Gasteiger partial charge in [0.05, 0.1) is 12.2 Å². The van der Waals surface area contributed by atoms with Gasteiger partial charge in [0.25, 0.3) is 0 Å². The fourth-order valence-corrected chi connectivity index (χ4v) is 4.05. The number of nitrogens with zero attached hydrogens (tertiary/aromatic N) is 6. The van der Waals surface area contributed by atoms with Crippen molar-refractivity contribution in [2.45, 2.75) is 52.3 Å². The Labute approximate surface area is 213 Å². The predicted octanol–water partition coefficient (Wildman–Crippen LogP) is 4.56. The van der Waals surface area contributed by atoms with E-state index in [-0.39, 0.29) is 24.0 Å². The van der Waals surface area contributed by atoms with Gasteiger partial charge in [-0.2, -0.15) is 13.2 Å². The summed E-state index contributed by atoms with van der Waals surface area (Å²) >= 11 is 5.91. The lowest BCUT2D eigenvalue weighted by Gasteiger charge is -2.15. The van der Waals surface area contributed by atoms with Gasteiger partial charge in [0.15, 0.2) is 29.7 Å². The van der Waals surface area contributed by atoms with Crippen LogP contribution in [0, 0.1) is 13.8 Å². The Hall–Kier alpha value is -3.51. The summed E-state index contributed by atoms with van der Waals surface area (Å²) in [4.78, 5) is 17.4. The molecule has 4 rings (SSSR count). The number of aliphatic hydroxyl groups excluding tert-OH is 1. The van der Waals surface area contributed by atoms with Gasteiger partial charge < -0.3 is 5.11 Å². The zero-order valence-corrected chi connectivity index (χ0v) is 20.8. The van der Waals surface area contributed by atoms with Crippen LogP contribution in [0.4, 0.5) is 17.6 Å². The van der Waals surface area contributed by atoms with Crippen LogP contribution in [0.15, 0.2) is 47.3 Å². The third-order valence-corrected chi connectivity index (χ3v) is 5.98. The Balaban J connectivity index is 1.79. The Morgan fingerprint density at radius 2 is 1.68 bits per heavy atom. The average molecular weight is 539 g/mol. The van der Waals surface area contributed by atoms with E-state index in [2.05, 4.69) is 15.2 Å². The Morgan fingerprint density at radius 3 is 2.24 bits per heavy atom. The molecule has 0 saturated heterocycles. The number of aryl methyl sites for hydroxylation is 2. The molecule has 2 aromatic heterocycles. The maximum Gasteiger partial charge on any atom is 0.416 e. The highest BCUT2D eigenvalue weighted by molar-refractivity contribution is 6.30. The molecule has 0 radical (unpaired) electrons. The molecule has 0 aliphatic carbocycles. The first kappa shape index (κ1) is 26.6. The fourth-order valence-electron chi connectivity index (χ4n) is 3.93. The first-order chi connectivity index (χ1) is 17.4. The summed E-state index contributed by atoms with van der Waals surface area (Å²) in [7, 11) is 0. The molecule has 1 unspecified atom stereocenters. The van der Waals surface area contributed by atoms with Gasteiger partial charge in [0, 0.05) is 10.6 Å². The van der Waals surface area contributed by atoms with Crippen LogP contribution in [0.3, 0.4) is 0 Å². The van der Waals surface area contributed by atoms with Gasteiger partial charge in [-0.3, -0.25) is 4.57 Å². The van der Waals surface area contributed by atoms with Crippen LogP contribution >= 0.6 is 11.6 Å². The summed E-state index contributed by atoms with van der Waals surface area (Å²) in [5.41, 5.74) is 1.67. The molecule has 1 N–H and O–H groups in total. The summed E-state index contributed by atoms with van der Waals surface area (Å²) in [6, 6.07) is 11.5. The molecule has 2 heterocycles. The van der Waals surface area contributed by atoms with Crippen molar-refractivity contribution in [1.29, 1.82) is 0 Å². The van der Waals surface area contributed by atoms with Crippen LogP contribution in [0.1, 0.15) is 35.9 Å². The number of aromatic nitrogens is 6. The van der Waals surface area contributed by atoms with Gasteiger partial charge >= 0.3 is 11.9 Å². The first-order valence-electron chi connectivity index (χ1n) is 11.2. The van der Waals surface area contributed by atoms with Crippen molar-refractivity contribution >= 4 is 11.6 Å². The van der Waals surface area contributed by atoms with Crippen LogP contribution in [0.2, 0.25) is 5.02 Å². The average Bonchev–Trinajstić information content (AvgIpc) is 3.36. The lowest BCUT2D eigenvalue weighted by atomic mass is 10.1. The molecule has 196 valence electrons. The Morgan fingerprint density at radius 1 is 1.05 bits per heavy atom. The SMILES string of the molecule is Cc1cccc(C)c1-n1nc(Cn2nc(-c3ccc(Cl)cc3)n(C[C@H](O)C(F)(F)F)c2=O)nc1C(C)F. The number of hydrogen-bond donors (Lipinski definition) is 1. The normalized spacial score (nSPS) is 13.6. The van der Waals surface area contributed by atoms with E-state index in [0.29, 0.717) is 16.3 Å². The smallest absolute Gasteiger partial charge is 0.382 e. The molecular weight excluding hydrogens is 516 g/mol. The van der Waals surface area contributed by atoms with Crippen molar-refractivity contribution in [3.8, 4) is 17.1 Å². The molecule has 0 aliphatic heterocycles. The topological polar surface area (TPSA) is 90.8 Å². The second kappa shape index (κ2) is 10.1. The highest BCUT2D eigenvalue weighted by atomic mass is 35.5. The first-order valence-corrected chi connectivity index (χ1v) is 11.6. The molecule has 0 amide bonds. The maximum absolute atomic E-state index is 14.5. The highest BCUT2D eigenvalue weighted by Crippen LogP contribution is 2.26. The van der Waals surface area contributed by atoms with E-state index in [4.69, 9.17) is 11.6 Å². The third-order valence-electron chi connectivity index (χ3n) is 5.73. The summed E-state index contributed by atoms with van der Waals surface area (Å²) in [6.45, 7) is 3.57. The summed E-state index contributed by atoms with van der Waals surface area (Å²) in [5.74, 6) is -0.0727. The van der Waals surface area contributed by atoms with Crippen LogP contribution in [-0.4, -0.2) is 46.5 Å². The van der Waals surface area contributed by atoms with E-state index >= 15 is 0 Å². The number of benzene rings is 2. The van der Waals surface area contributed by atoms with E-state index in [0.717, 1.165) is 20.4 Å². The molecule has 4 aromatic rings. The monoisotopic (exact) mass is 538 g/mol. The van der Waals surface area contributed by atoms with Crippen molar-refractivity contribution in [1.82, 2.24) is 29.1 Å². The zero-order chi connectivity index (χ0) is 27.1. The van der Waals surface area contributed by atoms with Crippen molar-refractivity contribution in [3.63, 3.8) is 0 Å². The molecule has 37 heavy (non-hydrogen) atoms. The van der Waals surface area contributed by atoms with Gasteiger partial charge in [-0.25, -0.2) is 23.5 Å². The maximum atomic E-state index is 14.5.